The van der Waals surface area contributed by atoms with Crippen molar-refractivity contribution in [2.75, 3.05) is 19.8 Å². The molecule has 0 spiro atoms. The van der Waals surface area contributed by atoms with Gasteiger partial charge in [-0.2, -0.15) is 14.6 Å². The highest BCUT2D eigenvalue weighted by atomic mass is 32.1. The number of carbonyl (C=O) groups is 1. The largest absolute Gasteiger partial charge is 0.381 e. The Bertz CT molecular complexity index is 3190. The van der Waals surface area contributed by atoms with E-state index in [-0.39, 0.29) is 34.7 Å². The average Bonchev–Trinajstić information content (AvgIpc) is 3.89. The molecule has 11 rings (SSSR count). The van der Waals surface area contributed by atoms with Crippen LogP contribution < -0.4 is 10.6 Å². The number of aryl methyl sites for hydroxylation is 3. The van der Waals surface area contributed by atoms with Crippen molar-refractivity contribution < 1.29 is 13.9 Å². The summed E-state index contributed by atoms with van der Waals surface area (Å²) in [5, 5.41) is 11.3. The van der Waals surface area contributed by atoms with Crippen molar-refractivity contribution in [2.45, 2.75) is 64.5 Å². The normalized spacial score (nSPS) is 19.3. The molecule has 2 atom stereocenters. The molecule has 1 N–H and O–H groups in total. The summed E-state index contributed by atoms with van der Waals surface area (Å²) >= 11 is 0.892. The summed E-state index contributed by atoms with van der Waals surface area (Å²) in [4.78, 5) is 46.9. The Kier molecular flexibility index (Phi) is 8.52. The van der Waals surface area contributed by atoms with Crippen LogP contribution in [0.4, 0.5) is 4.39 Å². The van der Waals surface area contributed by atoms with E-state index in [4.69, 9.17) is 9.84 Å². The van der Waals surface area contributed by atoms with Crippen LogP contribution in [-0.4, -0.2) is 73.2 Å². The minimum Gasteiger partial charge on any atom is -0.381 e. The second kappa shape index (κ2) is 13.8. The number of benzene rings is 3. The number of aromatic amines is 1. The van der Waals surface area contributed by atoms with Gasteiger partial charge in [-0.1, -0.05) is 13.0 Å². The predicted octanol–water partition coefficient (Wildman–Crippen LogP) is 6.43. The first-order chi connectivity index (χ1) is 29.5. The van der Waals surface area contributed by atoms with Crippen LogP contribution in [0.15, 0.2) is 82.8 Å². The Labute approximate surface area is 352 Å². The fourth-order valence-corrected chi connectivity index (χ4v) is 10.4. The average molecular weight is 839 g/mol. The maximum atomic E-state index is 15.3. The topological polar surface area (TPSA) is 143 Å². The Morgan fingerprint density at radius 1 is 0.951 bits per heavy atom. The first kappa shape index (κ1) is 37.6. The molecule has 3 aromatic carbocycles. The highest BCUT2D eigenvalue weighted by Crippen LogP contribution is 2.56. The fourth-order valence-electron chi connectivity index (χ4n) is 9.88. The molecule has 7 heterocycles. The van der Waals surface area contributed by atoms with Crippen LogP contribution in [0, 0.1) is 25.6 Å². The fraction of sp³-hybridized carbons (Fsp3) is 0.333. The molecule has 1 aliphatic carbocycles. The smallest absolute Gasteiger partial charge is 0.338 e. The molecule has 61 heavy (non-hydrogen) atoms. The SMILES string of the molecule is Cc1cc(-n2nc3c(c2-n2ccn(-c4ccc5c(cnn5C)c4)c2=O)CN(C(=O)c2cc4cc(C5CCOCC5)ccc4n2[C@@]2(c4nsc(=O)[nH]4)C[C@@H]2C)CC3)cc(C)c1F. The number of imidazole rings is 1. The number of nitrogens with one attached hydrogen (secondary N) is 1. The van der Waals surface area contributed by atoms with E-state index in [0.717, 1.165) is 70.7 Å². The van der Waals surface area contributed by atoms with Crippen LogP contribution in [0.3, 0.4) is 0 Å². The predicted molar refractivity (Wildman–Crippen MR) is 229 cm³/mol. The first-order valence-corrected chi connectivity index (χ1v) is 21.5. The summed E-state index contributed by atoms with van der Waals surface area (Å²) in [6.45, 7) is 7.56. The quantitative estimate of drug-likeness (QED) is 0.195. The molecule has 0 bridgehead atoms. The summed E-state index contributed by atoms with van der Waals surface area (Å²) < 4.78 is 34.0. The van der Waals surface area contributed by atoms with E-state index in [1.165, 1.54) is 5.56 Å². The van der Waals surface area contributed by atoms with Gasteiger partial charge >= 0.3 is 10.6 Å². The minimum absolute atomic E-state index is 0.109. The van der Waals surface area contributed by atoms with E-state index < -0.39 is 5.54 Å². The molecular weight excluding hydrogens is 796 g/mol. The molecule has 1 amide bonds. The van der Waals surface area contributed by atoms with Crippen LogP contribution in [0.2, 0.25) is 0 Å². The zero-order valence-corrected chi connectivity index (χ0v) is 35.0. The molecule has 14 nitrogen and oxygen atoms in total. The highest BCUT2D eigenvalue weighted by Gasteiger charge is 2.58. The molecule has 2 aliphatic heterocycles. The standard InChI is InChI=1S/C45H43FN10O4S/c1-25-17-33(18-26(2)39(25)46)56-40(54-14-13-53(44(54)59)32-6-8-36-31(20-32)23-47-51(36)4)34-24-52(12-9-35(34)49-56)41(57)38-21-30-19-29(28-10-15-60-16-11-28)5-7-37(30)55(38)45(22-27(45)3)42-48-43(58)61-50-42/h5-8,13-14,17-21,23,27-28H,9-12,15-16,22,24H2,1-4H3,(H,48,50,58)/t27-,45-/m0/s1. The van der Waals surface area contributed by atoms with Crippen molar-refractivity contribution in [3.05, 3.63) is 139 Å². The summed E-state index contributed by atoms with van der Waals surface area (Å²) in [5.74, 6) is 1.05. The van der Waals surface area contributed by atoms with Crippen LogP contribution in [0.5, 0.6) is 0 Å². The van der Waals surface area contributed by atoms with Gasteiger partial charge in [0, 0.05) is 79.0 Å². The summed E-state index contributed by atoms with van der Waals surface area (Å²) in [7, 11) is 1.87. The van der Waals surface area contributed by atoms with Gasteiger partial charge in [0.1, 0.15) is 28.7 Å². The lowest BCUT2D eigenvalue weighted by molar-refractivity contribution is 0.0721. The number of H-pyrrole nitrogens is 1. The van der Waals surface area contributed by atoms with Gasteiger partial charge in [0.05, 0.1) is 35.3 Å². The van der Waals surface area contributed by atoms with Gasteiger partial charge in [-0.15, -0.1) is 0 Å². The number of carbonyl (C=O) groups excluding carboxylic acids is 1. The van der Waals surface area contributed by atoms with Crippen molar-refractivity contribution in [2.24, 2.45) is 13.0 Å². The van der Waals surface area contributed by atoms with Crippen molar-refractivity contribution in [1.29, 1.82) is 0 Å². The molecule has 0 radical (unpaired) electrons. The number of nitrogens with zero attached hydrogens (tertiary/aromatic N) is 9. The van der Waals surface area contributed by atoms with Gasteiger partial charge in [0.15, 0.2) is 0 Å². The van der Waals surface area contributed by atoms with E-state index in [0.29, 0.717) is 65.1 Å². The van der Waals surface area contributed by atoms with Crippen molar-refractivity contribution in [1.82, 2.24) is 47.5 Å². The van der Waals surface area contributed by atoms with E-state index in [1.54, 1.807) is 63.1 Å². The number of ether oxygens (including phenoxy) is 1. The number of hydrogen-bond donors (Lipinski definition) is 1. The molecule has 5 aromatic heterocycles. The lowest BCUT2D eigenvalue weighted by Gasteiger charge is -2.29. The van der Waals surface area contributed by atoms with Gasteiger partial charge in [-0.3, -0.25) is 28.4 Å². The van der Waals surface area contributed by atoms with Crippen LogP contribution in [0.25, 0.3) is 39.0 Å². The third-order valence-electron chi connectivity index (χ3n) is 13.2. The number of halogens is 1. The first-order valence-electron chi connectivity index (χ1n) is 20.7. The second-order valence-electron chi connectivity index (χ2n) is 16.9. The third kappa shape index (κ3) is 5.82. The minimum atomic E-state index is -0.698. The molecule has 1 saturated carbocycles. The van der Waals surface area contributed by atoms with Crippen molar-refractivity contribution in [3.63, 3.8) is 0 Å². The third-order valence-corrected chi connectivity index (χ3v) is 13.8. The molecule has 2 fully saturated rings. The Morgan fingerprint density at radius 3 is 2.44 bits per heavy atom. The number of amides is 1. The molecule has 16 heteroatoms. The van der Waals surface area contributed by atoms with Gasteiger partial charge in [0.25, 0.3) is 5.91 Å². The van der Waals surface area contributed by atoms with E-state index in [1.807, 2.05) is 36.2 Å². The Hall–Kier alpha value is -6.39. The van der Waals surface area contributed by atoms with Crippen LogP contribution in [0.1, 0.15) is 76.4 Å². The summed E-state index contributed by atoms with van der Waals surface area (Å²) in [6, 6.07) is 17.7. The Balaban J connectivity index is 1.04. The maximum Gasteiger partial charge on any atom is 0.338 e. The zero-order valence-electron chi connectivity index (χ0n) is 34.2. The molecule has 8 aromatic rings. The van der Waals surface area contributed by atoms with Crippen LogP contribution in [-0.2, 0) is 30.3 Å². The van der Waals surface area contributed by atoms with Crippen LogP contribution >= 0.6 is 11.5 Å². The highest BCUT2D eigenvalue weighted by molar-refractivity contribution is 7.02. The van der Waals surface area contributed by atoms with Gasteiger partial charge < -0.3 is 14.2 Å². The number of hydrogen-bond acceptors (Lipinski definition) is 8. The van der Waals surface area contributed by atoms with E-state index in [9.17, 15) is 9.59 Å². The second-order valence-corrected chi connectivity index (χ2v) is 17.6. The molecule has 0 unspecified atom stereocenters. The Morgan fingerprint density at radius 2 is 1.70 bits per heavy atom. The zero-order chi connectivity index (χ0) is 41.9. The van der Waals surface area contributed by atoms with E-state index in [2.05, 4.69) is 44.1 Å². The molecular formula is C45H43FN10O4S. The lowest BCUT2D eigenvalue weighted by Crippen LogP contribution is -2.39. The van der Waals surface area contributed by atoms with Gasteiger partial charge in [-0.25, -0.2) is 13.9 Å². The number of aromatic nitrogens is 9. The monoisotopic (exact) mass is 838 g/mol. The number of rotatable bonds is 7. The maximum absolute atomic E-state index is 15.3. The number of fused-ring (bicyclic) bond motifs is 3. The summed E-state index contributed by atoms with van der Waals surface area (Å²) in [5.41, 5.74) is 6.22. The summed E-state index contributed by atoms with van der Waals surface area (Å²) in [6.07, 6.45) is 8.23. The molecule has 1 saturated heterocycles. The van der Waals surface area contributed by atoms with E-state index >= 15 is 9.18 Å². The van der Waals surface area contributed by atoms with Crippen molar-refractivity contribution >= 4 is 39.2 Å². The van der Waals surface area contributed by atoms with Gasteiger partial charge in [0.2, 0.25) is 0 Å². The molecule has 310 valence electrons. The lowest BCUT2D eigenvalue weighted by atomic mass is 9.91. The van der Waals surface area contributed by atoms with Gasteiger partial charge in [-0.05, 0) is 110 Å². The van der Waals surface area contributed by atoms with Crippen molar-refractivity contribution in [3.8, 4) is 17.2 Å². The molecule has 3 aliphatic rings.